The van der Waals surface area contributed by atoms with Crippen molar-refractivity contribution in [3.8, 4) is 17.4 Å². The molecule has 0 fully saturated rings. The molecule has 0 amide bonds. The number of hydrogen-bond donors (Lipinski definition) is 0. The van der Waals surface area contributed by atoms with Crippen molar-refractivity contribution in [2.24, 2.45) is 0 Å². The van der Waals surface area contributed by atoms with Crippen molar-refractivity contribution >= 4 is 32.9 Å². The predicted molar refractivity (Wildman–Crippen MR) is 104 cm³/mol. The highest BCUT2D eigenvalue weighted by Gasteiger charge is 2.19. The first-order chi connectivity index (χ1) is 12.9. The first-order valence-corrected chi connectivity index (χ1v) is 8.97. The topological polar surface area (TPSA) is 75.0 Å². The first-order valence-electron chi connectivity index (χ1n) is 8.18. The maximum atomic E-state index is 12.8. The summed E-state index contributed by atoms with van der Waals surface area (Å²) < 4.78 is 22.6. The number of esters is 1. The van der Waals surface area contributed by atoms with E-state index < -0.39 is 11.4 Å². The Morgan fingerprint density at radius 2 is 1.81 bits per heavy atom. The maximum Gasteiger partial charge on any atom is 0.338 e. The summed E-state index contributed by atoms with van der Waals surface area (Å²) in [6.07, 6.45) is -0.253. The monoisotopic (exact) mass is 432 g/mol. The minimum atomic E-state index is -0.497. The van der Waals surface area contributed by atoms with Gasteiger partial charge in [0, 0.05) is 4.47 Å². The fraction of sp³-hybridized carbons (Fsp3) is 0.200. The molecule has 0 bridgehead atoms. The zero-order valence-electron chi connectivity index (χ0n) is 14.9. The van der Waals surface area contributed by atoms with E-state index in [0.29, 0.717) is 5.75 Å². The number of rotatable bonds is 5. The number of hydrogen-bond acceptors (Lipinski definition) is 6. The van der Waals surface area contributed by atoms with Gasteiger partial charge in [0.2, 0.25) is 5.43 Å². The second kappa shape index (κ2) is 7.84. The molecule has 0 atom stereocenters. The second-order valence-electron chi connectivity index (χ2n) is 5.97. The van der Waals surface area contributed by atoms with E-state index in [-0.39, 0.29) is 34.3 Å². The highest BCUT2D eigenvalue weighted by Crippen LogP contribution is 2.32. The third-order valence-electron chi connectivity index (χ3n) is 3.62. The molecule has 0 aliphatic heterocycles. The second-order valence-corrected chi connectivity index (χ2v) is 6.89. The zero-order valence-corrected chi connectivity index (χ0v) is 16.5. The molecule has 1 heterocycles. The average Bonchev–Trinajstić information content (AvgIpc) is 2.64. The van der Waals surface area contributed by atoms with Crippen molar-refractivity contribution in [2.45, 2.75) is 20.0 Å². The summed E-state index contributed by atoms with van der Waals surface area (Å²) in [6, 6.07) is 11.5. The third kappa shape index (κ3) is 4.14. The van der Waals surface area contributed by atoms with E-state index in [9.17, 15) is 9.59 Å². The SMILES string of the molecule is COc1oc2cc(C(=O)OC(C)C)ccc2c(=O)c1Oc1ccc(Br)cc1. The summed E-state index contributed by atoms with van der Waals surface area (Å²) in [5, 5.41) is 0.268. The molecule has 0 aliphatic rings. The molecule has 0 unspecified atom stereocenters. The van der Waals surface area contributed by atoms with Crippen LogP contribution in [0.1, 0.15) is 24.2 Å². The number of benzene rings is 2. The third-order valence-corrected chi connectivity index (χ3v) is 4.15. The van der Waals surface area contributed by atoms with Crippen molar-refractivity contribution in [2.75, 3.05) is 7.11 Å². The predicted octanol–water partition coefficient (Wildman–Crippen LogP) is 4.92. The van der Waals surface area contributed by atoms with E-state index >= 15 is 0 Å². The lowest BCUT2D eigenvalue weighted by atomic mass is 10.1. The van der Waals surface area contributed by atoms with E-state index in [4.69, 9.17) is 18.6 Å². The number of carbonyl (C=O) groups excluding carboxylic acids is 1. The van der Waals surface area contributed by atoms with Gasteiger partial charge in [0.05, 0.1) is 24.2 Å². The van der Waals surface area contributed by atoms with Gasteiger partial charge in [0.15, 0.2) is 0 Å². The summed E-state index contributed by atoms with van der Waals surface area (Å²) in [7, 11) is 1.37. The Kier molecular flexibility index (Phi) is 5.51. The molecule has 0 aliphatic carbocycles. The summed E-state index contributed by atoms with van der Waals surface area (Å²) in [4.78, 5) is 24.9. The Labute approximate surface area is 163 Å². The highest BCUT2D eigenvalue weighted by molar-refractivity contribution is 9.10. The summed E-state index contributed by atoms with van der Waals surface area (Å²) >= 11 is 3.34. The van der Waals surface area contributed by atoms with Gasteiger partial charge in [-0.1, -0.05) is 15.9 Å². The molecule has 0 saturated heterocycles. The van der Waals surface area contributed by atoms with Crippen LogP contribution in [0.3, 0.4) is 0 Å². The Balaban J connectivity index is 2.05. The van der Waals surface area contributed by atoms with Crippen molar-refractivity contribution in [3.05, 3.63) is 62.7 Å². The van der Waals surface area contributed by atoms with Gasteiger partial charge in [0.25, 0.3) is 5.75 Å². The van der Waals surface area contributed by atoms with Crippen LogP contribution in [0.2, 0.25) is 0 Å². The van der Waals surface area contributed by atoms with E-state index in [1.807, 2.05) is 0 Å². The molecular formula is C20H17BrO6. The largest absolute Gasteiger partial charge is 0.466 e. The smallest absolute Gasteiger partial charge is 0.338 e. The van der Waals surface area contributed by atoms with Crippen molar-refractivity contribution < 1.29 is 23.4 Å². The molecule has 27 heavy (non-hydrogen) atoms. The molecule has 2 aromatic carbocycles. The van der Waals surface area contributed by atoms with Crippen LogP contribution in [0.4, 0.5) is 0 Å². The van der Waals surface area contributed by atoms with Gasteiger partial charge in [-0.3, -0.25) is 4.79 Å². The van der Waals surface area contributed by atoms with Crippen molar-refractivity contribution in [1.29, 1.82) is 0 Å². The summed E-state index contributed by atoms with van der Waals surface area (Å²) in [5.41, 5.74) is 0.0842. The van der Waals surface area contributed by atoms with Crippen molar-refractivity contribution in [3.63, 3.8) is 0 Å². The van der Waals surface area contributed by atoms with Gasteiger partial charge in [-0.15, -0.1) is 0 Å². The molecule has 6 nitrogen and oxygen atoms in total. The summed E-state index contributed by atoms with van der Waals surface area (Å²) in [6.45, 7) is 3.52. The lowest BCUT2D eigenvalue weighted by Crippen LogP contribution is -2.12. The molecule has 0 N–H and O–H groups in total. The van der Waals surface area contributed by atoms with Gasteiger partial charge in [-0.05, 0) is 56.3 Å². The van der Waals surface area contributed by atoms with Crippen molar-refractivity contribution in [1.82, 2.24) is 0 Å². The lowest BCUT2D eigenvalue weighted by molar-refractivity contribution is 0.0378. The van der Waals surface area contributed by atoms with E-state index in [1.54, 1.807) is 38.1 Å². The molecule has 3 rings (SSSR count). The average molecular weight is 433 g/mol. The van der Waals surface area contributed by atoms with Crippen LogP contribution < -0.4 is 14.9 Å². The summed E-state index contributed by atoms with van der Waals surface area (Å²) in [5.74, 6) is -0.182. The Morgan fingerprint density at radius 1 is 1.11 bits per heavy atom. The van der Waals surface area contributed by atoms with Crippen LogP contribution in [0.5, 0.6) is 17.4 Å². The molecule has 0 spiro atoms. The van der Waals surface area contributed by atoms with Crippen LogP contribution in [0, 0.1) is 0 Å². The molecule has 140 valence electrons. The molecule has 7 heteroatoms. The Hall–Kier alpha value is -2.80. The number of halogens is 1. The lowest BCUT2D eigenvalue weighted by Gasteiger charge is -2.11. The highest BCUT2D eigenvalue weighted by atomic mass is 79.9. The fourth-order valence-corrected chi connectivity index (χ4v) is 2.67. The van der Waals surface area contributed by atoms with Gasteiger partial charge >= 0.3 is 11.9 Å². The molecule has 1 aromatic heterocycles. The van der Waals surface area contributed by atoms with Gasteiger partial charge in [0.1, 0.15) is 11.3 Å². The molecule has 0 radical (unpaired) electrons. The Morgan fingerprint density at radius 3 is 2.44 bits per heavy atom. The number of methoxy groups -OCH3 is 1. The number of carbonyl (C=O) groups is 1. The van der Waals surface area contributed by atoms with Crippen LogP contribution in [0.15, 0.2) is 56.1 Å². The Bertz CT molecular complexity index is 1040. The first kappa shape index (κ1) is 19.0. The quantitative estimate of drug-likeness (QED) is 0.532. The standard InChI is InChI=1S/C20H17BrO6/c1-11(2)25-19(23)12-4-9-15-16(10-12)27-20(24-3)18(17(15)22)26-14-7-5-13(21)6-8-14/h4-11H,1-3H3. The van der Waals surface area contributed by atoms with Gasteiger partial charge in [-0.2, -0.15) is 0 Å². The van der Waals surface area contributed by atoms with E-state index in [0.717, 1.165) is 4.47 Å². The maximum absolute atomic E-state index is 12.8. The normalized spacial score (nSPS) is 10.9. The van der Waals surface area contributed by atoms with Gasteiger partial charge < -0.3 is 18.6 Å². The van der Waals surface area contributed by atoms with Gasteiger partial charge in [-0.25, -0.2) is 4.79 Å². The van der Waals surface area contributed by atoms with E-state index in [2.05, 4.69) is 15.9 Å². The molecule has 3 aromatic rings. The molecule has 0 saturated carbocycles. The number of fused-ring (bicyclic) bond motifs is 1. The van der Waals surface area contributed by atoms with Crippen LogP contribution >= 0.6 is 15.9 Å². The minimum absolute atomic E-state index is 0.0650. The fourth-order valence-electron chi connectivity index (χ4n) is 2.41. The van der Waals surface area contributed by atoms with Crippen LogP contribution in [-0.2, 0) is 4.74 Å². The van der Waals surface area contributed by atoms with E-state index in [1.165, 1.54) is 25.3 Å². The van der Waals surface area contributed by atoms with Crippen LogP contribution in [-0.4, -0.2) is 19.2 Å². The zero-order chi connectivity index (χ0) is 19.6. The number of ether oxygens (including phenoxy) is 3. The van der Waals surface area contributed by atoms with Crippen LogP contribution in [0.25, 0.3) is 11.0 Å². The molecular weight excluding hydrogens is 416 g/mol. The minimum Gasteiger partial charge on any atom is -0.466 e.